The van der Waals surface area contributed by atoms with Crippen molar-refractivity contribution < 1.29 is 4.74 Å². The molecule has 1 N–H and O–H groups in total. The summed E-state index contributed by atoms with van der Waals surface area (Å²) in [5, 5.41) is 2.91. The SMILES string of the molecule is [CH]1CC=CNCO1. The standard InChI is InChI=1S/C5H8NO/c1-2-4-7-5-6-3-1/h1,3-4,6H,2,5H2. The van der Waals surface area contributed by atoms with Crippen LogP contribution in [0.1, 0.15) is 6.42 Å². The minimum absolute atomic E-state index is 0.608. The van der Waals surface area contributed by atoms with Crippen molar-refractivity contribution in [2.45, 2.75) is 6.42 Å². The topological polar surface area (TPSA) is 21.3 Å². The second-order valence-electron chi connectivity index (χ2n) is 1.32. The third kappa shape index (κ3) is 1.59. The smallest absolute Gasteiger partial charge is 0.116 e. The number of ether oxygens (including phenoxy) is 1. The Balaban J connectivity index is 2.20. The molecule has 0 atom stereocenters. The second kappa shape index (κ2) is 2.64. The normalized spacial score (nSPS) is 20.6. The molecule has 0 bridgehead atoms. The third-order valence-corrected chi connectivity index (χ3v) is 0.753. The Hall–Kier alpha value is -0.500. The zero-order chi connectivity index (χ0) is 4.95. The fourth-order valence-corrected chi connectivity index (χ4v) is 0.430. The van der Waals surface area contributed by atoms with Crippen molar-refractivity contribution in [2.75, 3.05) is 6.73 Å². The van der Waals surface area contributed by atoms with E-state index < -0.39 is 0 Å². The molecule has 0 aliphatic carbocycles. The maximum atomic E-state index is 4.90. The summed E-state index contributed by atoms with van der Waals surface area (Å²) in [6.45, 7) is 2.38. The summed E-state index contributed by atoms with van der Waals surface area (Å²) in [4.78, 5) is 0. The Labute approximate surface area is 43.2 Å². The quantitative estimate of drug-likeness (QED) is 0.479. The van der Waals surface area contributed by atoms with E-state index in [2.05, 4.69) is 5.32 Å². The van der Waals surface area contributed by atoms with Gasteiger partial charge in [0.25, 0.3) is 0 Å². The maximum Gasteiger partial charge on any atom is 0.116 e. The molecule has 2 heteroatoms. The predicted molar refractivity (Wildman–Crippen MR) is 27.1 cm³/mol. The summed E-state index contributed by atoms with van der Waals surface area (Å²) in [5.74, 6) is 0. The molecule has 0 aromatic rings. The molecule has 0 saturated heterocycles. The van der Waals surface area contributed by atoms with E-state index in [4.69, 9.17) is 4.74 Å². The summed E-state index contributed by atoms with van der Waals surface area (Å²) >= 11 is 0. The van der Waals surface area contributed by atoms with Gasteiger partial charge in [-0.3, -0.25) is 0 Å². The molecule has 1 rings (SSSR count). The van der Waals surface area contributed by atoms with Crippen molar-refractivity contribution in [3.8, 4) is 0 Å². The van der Waals surface area contributed by atoms with Crippen molar-refractivity contribution in [3.05, 3.63) is 18.9 Å². The lowest BCUT2D eigenvalue weighted by atomic mass is 10.4. The van der Waals surface area contributed by atoms with Crippen molar-refractivity contribution >= 4 is 0 Å². The van der Waals surface area contributed by atoms with Crippen LogP contribution in [-0.2, 0) is 4.74 Å². The van der Waals surface area contributed by atoms with E-state index in [9.17, 15) is 0 Å². The molecule has 0 amide bonds. The van der Waals surface area contributed by atoms with E-state index in [1.54, 1.807) is 6.61 Å². The lowest BCUT2D eigenvalue weighted by Crippen LogP contribution is -2.06. The molecule has 1 aliphatic rings. The van der Waals surface area contributed by atoms with Gasteiger partial charge in [0, 0.05) is 0 Å². The number of hydrogen-bond donors (Lipinski definition) is 1. The first-order valence-electron chi connectivity index (χ1n) is 2.32. The van der Waals surface area contributed by atoms with Crippen molar-refractivity contribution in [1.29, 1.82) is 0 Å². The Kier molecular flexibility index (Phi) is 1.75. The summed E-state index contributed by atoms with van der Waals surface area (Å²) in [5.41, 5.74) is 0. The fraction of sp³-hybridized carbons (Fsp3) is 0.400. The molecule has 7 heavy (non-hydrogen) atoms. The minimum Gasteiger partial charge on any atom is -0.369 e. The Morgan fingerprint density at radius 2 is 2.57 bits per heavy atom. The summed E-state index contributed by atoms with van der Waals surface area (Å²) in [6.07, 6.45) is 4.81. The fourth-order valence-electron chi connectivity index (χ4n) is 0.430. The largest absolute Gasteiger partial charge is 0.369 e. The lowest BCUT2D eigenvalue weighted by Gasteiger charge is -1.93. The number of rotatable bonds is 0. The first-order valence-corrected chi connectivity index (χ1v) is 2.32. The second-order valence-corrected chi connectivity index (χ2v) is 1.32. The minimum atomic E-state index is 0.608. The van der Waals surface area contributed by atoms with Crippen LogP contribution >= 0.6 is 0 Å². The van der Waals surface area contributed by atoms with Crippen LogP contribution in [0.2, 0.25) is 0 Å². The van der Waals surface area contributed by atoms with Gasteiger partial charge < -0.3 is 10.1 Å². The first kappa shape index (κ1) is 4.65. The molecule has 0 unspecified atom stereocenters. The maximum absolute atomic E-state index is 4.90. The van der Waals surface area contributed by atoms with E-state index in [1.807, 2.05) is 12.3 Å². The molecule has 0 aromatic carbocycles. The highest BCUT2D eigenvalue weighted by Gasteiger charge is 1.86. The van der Waals surface area contributed by atoms with Crippen LogP contribution in [0.5, 0.6) is 0 Å². The van der Waals surface area contributed by atoms with Crippen LogP contribution < -0.4 is 5.32 Å². The average molecular weight is 98.1 g/mol. The van der Waals surface area contributed by atoms with Crippen LogP contribution in [0.25, 0.3) is 0 Å². The molecule has 39 valence electrons. The van der Waals surface area contributed by atoms with Crippen LogP contribution in [0.3, 0.4) is 0 Å². The van der Waals surface area contributed by atoms with Gasteiger partial charge in [-0.25, -0.2) is 0 Å². The van der Waals surface area contributed by atoms with E-state index in [0.29, 0.717) is 6.73 Å². The van der Waals surface area contributed by atoms with Crippen LogP contribution in [-0.4, -0.2) is 6.73 Å². The van der Waals surface area contributed by atoms with Gasteiger partial charge in [-0.1, -0.05) is 6.08 Å². The zero-order valence-electron chi connectivity index (χ0n) is 4.05. The van der Waals surface area contributed by atoms with Gasteiger partial charge in [0.2, 0.25) is 0 Å². The van der Waals surface area contributed by atoms with Gasteiger partial charge in [0.15, 0.2) is 0 Å². The number of hydrogen-bond acceptors (Lipinski definition) is 2. The first-order chi connectivity index (χ1) is 3.50. The molecule has 0 fully saturated rings. The number of nitrogens with one attached hydrogen (secondary N) is 1. The van der Waals surface area contributed by atoms with Crippen molar-refractivity contribution in [3.63, 3.8) is 0 Å². The molecule has 2 nitrogen and oxygen atoms in total. The van der Waals surface area contributed by atoms with E-state index in [-0.39, 0.29) is 0 Å². The summed E-state index contributed by atoms with van der Waals surface area (Å²) in [7, 11) is 0. The van der Waals surface area contributed by atoms with E-state index in [1.165, 1.54) is 0 Å². The molecule has 0 aromatic heterocycles. The molecule has 1 heterocycles. The third-order valence-electron chi connectivity index (χ3n) is 0.753. The molecular weight excluding hydrogens is 90.1 g/mol. The van der Waals surface area contributed by atoms with Crippen LogP contribution in [0, 0.1) is 6.61 Å². The summed E-state index contributed by atoms with van der Waals surface area (Å²) in [6, 6.07) is 0. The summed E-state index contributed by atoms with van der Waals surface area (Å²) < 4.78 is 4.90. The lowest BCUT2D eigenvalue weighted by molar-refractivity contribution is 0.192. The van der Waals surface area contributed by atoms with Crippen LogP contribution in [0.15, 0.2) is 12.3 Å². The Morgan fingerprint density at radius 3 is 3.57 bits per heavy atom. The Morgan fingerprint density at radius 1 is 1.57 bits per heavy atom. The van der Waals surface area contributed by atoms with Gasteiger partial charge in [-0.05, 0) is 12.6 Å². The average Bonchev–Trinajstić information content (AvgIpc) is 1.90. The highest BCUT2D eigenvalue weighted by molar-refractivity contribution is 4.83. The van der Waals surface area contributed by atoms with Gasteiger partial charge in [0.1, 0.15) is 6.73 Å². The molecule has 1 aliphatic heterocycles. The van der Waals surface area contributed by atoms with Crippen molar-refractivity contribution in [2.24, 2.45) is 0 Å². The zero-order valence-corrected chi connectivity index (χ0v) is 4.05. The van der Waals surface area contributed by atoms with Gasteiger partial charge in [-0.15, -0.1) is 0 Å². The monoisotopic (exact) mass is 98.1 g/mol. The predicted octanol–water partition coefficient (Wildman–Crippen LogP) is 0.629. The van der Waals surface area contributed by atoms with Gasteiger partial charge in [-0.2, -0.15) is 0 Å². The van der Waals surface area contributed by atoms with E-state index in [0.717, 1.165) is 6.42 Å². The van der Waals surface area contributed by atoms with Gasteiger partial charge >= 0.3 is 0 Å². The molecule has 0 spiro atoms. The molecular formula is C5H8NO. The Bertz CT molecular complexity index is 62.5. The molecule has 1 radical (unpaired) electrons. The highest BCUT2D eigenvalue weighted by atomic mass is 16.5. The molecule has 0 saturated carbocycles. The van der Waals surface area contributed by atoms with Crippen molar-refractivity contribution in [1.82, 2.24) is 5.32 Å². The van der Waals surface area contributed by atoms with Crippen LogP contribution in [0.4, 0.5) is 0 Å². The van der Waals surface area contributed by atoms with E-state index >= 15 is 0 Å². The van der Waals surface area contributed by atoms with Gasteiger partial charge in [0.05, 0.1) is 6.61 Å². The highest BCUT2D eigenvalue weighted by Crippen LogP contribution is 1.92.